The molecule has 0 saturated carbocycles. The van der Waals surface area contributed by atoms with Gasteiger partial charge in [0.25, 0.3) is 0 Å². The monoisotopic (exact) mass is 502 g/mol. The van der Waals surface area contributed by atoms with Crippen molar-refractivity contribution in [2.24, 2.45) is 0 Å². The van der Waals surface area contributed by atoms with Gasteiger partial charge in [0.15, 0.2) is 0 Å². The molecular formula is C35H54N2. The largest absolute Gasteiger partial charge is 0.352 e. The van der Waals surface area contributed by atoms with Crippen LogP contribution in [0.3, 0.4) is 0 Å². The Labute approximate surface area is 229 Å². The molecule has 1 atom stereocenters. The van der Waals surface area contributed by atoms with Crippen LogP contribution in [-0.2, 0) is 6.54 Å². The Kier molecular flexibility index (Phi) is 15.0. The highest BCUT2D eigenvalue weighted by Crippen LogP contribution is 2.32. The Morgan fingerprint density at radius 2 is 0.919 bits per heavy atom. The van der Waals surface area contributed by atoms with Gasteiger partial charge in [-0.3, -0.25) is 0 Å². The van der Waals surface area contributed by atoms with Gasteiger partial charge in [-0.05, 0) is 17.5 Å². The maximum absolute atomic E-state index is 2.55. The van der Waals surface area contributed by atoms with E-state index in [1.165, 1.54) is 120 Å². The molecule has 204 valence electrons. The van der Waals surface area contributed by atoms with E-state index in [9.17, 15) is 0 Å². The Morgan fingerprint density at radius 1 is 0.486 bits per heavy atom. The van der Waals surface area contributed by atoms with Crippen LogP contribution in [0.4, 0.5) is 0 Å². The molecule has 37 heavy (non-hydrogen) atoms. The number of hydrogen-bond donors (Lipinski definition) is 0. The second-order valence-electron chi connectivity index (χ2n) is 11.1. The maximum atomic E-state index is 2.55. The molecule has 0 spiro atoms. The summed E-state index contributed by atoms with van der Waals surface area (Å²) in [6, 6.07) is 21.9. The third-order valence-electron chi connectivity index (χ3n) is 7.90. The van der Waals surface area contributed by atoms with Crippen molar-refractivity contribution in [1.82, 2.24) is 9.80 Å². The quantitative estimate of drug-likeness (QED) is 0.157. The fraction of sp³-hybridized carbons (Fsp3) is 0.600. The lowest BCUT2D eigenvalue weighted by Gasteiger charge is -2.33. The second kappa shape index (κ2) is 18.9. The predicted octanol–water partition coefficient (Wildman–Crippen LogP) is 10.6. The summed E-state index contributed by atoms with van der Waals surface area (Å²) in [5.41, 5.74) is 2.75. The molecule has 1 unspecified atom stereocenters. The molecule has 2 nitrogen and oxygen atoms in total. The summed E-state index contributed by atoms with van der Waals surface area (Å²) >= 11 is 0. The molecular weight excluding hydrogens is 448 g/mol. The molecule has 0 radical (unpaired) electrons. The third-order valence-corrected chi connectivity index (χ3v) is 7.90. The lowest BCUT2D eigenvalue weighted by atomic mass is 10.0. The van der Waals surface area contributed by atoms with Crippen molar-refractivity contribution in [3.8, 4) is 0 Å². The van der Waals surface area contributed by atoms with E-state index in [4.69, 9.17) is 0 Å². The lowest BCUT2D eigenvalue weighted by molar-refractivity contribution is 0.146. The SMILES string of the molecule is CCCCCCCCCCCCCCCCCCCN1C=CN(Cc2ccccc2)C1c1ccccc1. The summed E-state index contributed by atoms with van der Waals surface area (Å²) in [7, 11) is 0. The van der Waals surface area contributed by atoms with E-state index in [1.807, 2.05) is 0 Å². The van der Waals surface area contributed by atoms with Gasteiger partial charge in [-0.15, -0.1) is 0 Å². The van der Waals surface area contributed by atoms with Crippen LogP contribution in [0, 0.1) is 0 Å². The van der Waals surface area contributed by atoms with Crippen molar-refractivity contribution < 1.29 is 0 Å². The van der Waals surface area contributed by atoms with Gasteiger partial charge >= 0.3 is 0 Å². The van der Waals surface area contributed by atoms with Crippen LogP contribution in [0.2, 0.25) is 0 Å². The van der Waals surface area contributed by atoms with Crippen LogP contribution in [0.5, 0.6) is 0 Å². The van der Waals surface area contributed by atoms with E-state index in [0.717, 1.165) is 13.1 Å². The lowest BCUT2D eigenvalue weighted by Crippen LogP contribution is -2.31. The van der Waals surface area contributed by atoms with Gasteiger partial charge in [0, 0.05) is 25.5 Å². The first-order valence-electron chi connectivity index (χ1n) is 15.7. The molecule has 2 heteroatoms. The van der Waals surface area contributed by atoms with E-state index in [1.54, 1.807) is 0 Å². The standard InChI is InChI=1S/C35H54N2/c1-2-3-4-5-6-7-8-9-10-11-12-13-14-15-16-17-24-29-36-30-31-37(32-33-25-20-18-21-26-33)35(36)34-27-22-19-23-28-34/h18-23,25-28,30-31,35H,2-17,24,29,32H2,1H3. The summed E-state index contributed by atoms with van der Waals surface area (Å²) in [6.45, 7) is 4.39. The van der Waals surface area contributed by atoms with Gasteiger partial charge in [-0.25, -0.2) is 0 Å². The number of benzene rings is 2. The van der Waals surface area contributed by atoms with Crippen LogP contribution in [-0.4, -0.2) is 16.3 Å². The zero-order valence-corrected chi connectivity index (χ0v) is 23.8. The van der Waals surface area contributed by atoms with Gasteiger partial charge in [0.1, 0.15) is 6.17 Å². The molecule has 0 bridgehead atoms. The molecule has 2 aromatic rings. The highest BCUT2D eigenvalue weighted by Gasteiger charge is 2.27. The van der Waals surface area contributed by atoms with E-state index in [-0.39, 0.29) is 0 Å². The topological polar surface area (TPSA) is 6.48 Å². The van der Waals surface area contributed by atoms with E-state index in [0.29, 0.717) is 6.17 Å². The molecule has 0 saturated heterocycles. The highest BCUT2D eigenvalue weighted by atomic mass is 15.4. The molecule has 0 fully saturated rings. The molecule has 1 heterocycles. The maximum Gasteiger partial charge on any atom is 0.127 e. The van der Waals surface area contributed by atoms with Crippen molar-refractivity contribution in [2.75, 3.05) is 6.54 Å². The van der Waals surface area contributed by atoms with Gasteiger partial charge in [0.05, 0.1) is 0 Å². The molecule has 0 aromatic heterocycles. The van der Waals surface area contributed by atoms with Crippen LogP contribution < -0.4 is 0 Å². The first kappa shape index (κ1) is 29.3. The molecule has 1 aliphatic rings. The minimum Gasteiger partial charge on any atom is -0.352 e. The van der Waals surface area contributed by atoms with Crippen molar-refractivity contribution in [3.05, 3.63) is 84.2 Å². The van der Waals surface area contributed by atoms with Crippen LogP contribution in [0.25, 0.3) is 0 Å². The fourth-order valence-corrected chi connectivity index (χ4v) is 5.68. The normalized spacial score (nSPS) is 15.1. The summed E-state index contributed by atoms with van der Waals surface area (Å²) in [5.74, 6) is 0. The summed E-state index contributed by atoms with van der Waals surface area (Å²) in [5, 5.41) is 0. The van der Waals surface area contributed by atoms with Crippen LogP contribution in [0.1, 0.15) is 133 Å². The second-order valence-corrected chi connectivity index (χ2v) is 11.1. The predicted molar refractivity (Wildman–Crippen MR) is 161 cm³/mol. The van der Waals surface area contributed by atoms with Crippen molar-refractivity contribution in [3.63, 3.8) is 0 Å². The summed E-state index contributed by atoms with van der Waals surface area (Å²) in [6.07, 6.45) is 29.1. The van der Waals surface area contributed by atoms with Gasteiger partial charge < -0.3 is 9.80 Å². The smallest absolute Gasteiger partial charge is 0.127 e. The number of nitrogens with zero attached hydrogens (tertiary/aromatic N) is 2. The third kappa shape index (κ3) is 11.8. The molecule has 0 N–H and O–H groups in total. The van der Waals surface area contributed by atoms with Crippen molar-refractivity contribution >= 4 is 0 Å². The highest BCUT2D eigenvalue weighted by molar-refractivity contribution is 5.23. The zero-order chi connectivity index (χ0) is 25.8. The first-order chi connectivity index (χ1) is 18.4. The van der Waals surface area contributed by atoms with Gasteiger partial charge in [-0.1, -0.05) is 170 Å². The Hall–Kier alpha value is -2.22. The Morgan fingerprint density at radius 3 is 1.43 bits per heavy atom. The molecule has 3 rings (SSSR count). The molecule has 0 amide bonds. The number of hydrogen-bond acceptors (Lipinski definition) is 2. The number of rotatable bonds is 21. The average molecular weight is 503 g/mol. The Balaban J connectivity index is 1.22. The average Bonchev–Trinajstić information content (AvgIpc) is 3.33. The van der Waals surface area contributed by atoms with Gasteiger partial charge in [0.2, 0.25) is 0 Å². The van der Waals surface area contributed by atoms with Gasteiger partial charge in [-0.2, -0.15) is 0 Å². The van der Waals surface area contributed by atoms with E-state index in [2.05, 4.69) is 89.8 Å². The Bertz CT molecular complexity index is 816. The van der Waals surface area contributed by atoms with Crippen molar-refractivity contribution in [1.29, 1.82) is 0 Å². The van der Waals surface area contributed by atoms with E-state index < -0.39 is 0 Å². The first-order valence-corrected chi connectivity index (χ1v) is 15.7. The summed E-state index contributed by atoms with van der Waals surface area (Å²) < 4.78 is 0. The minimum absolute atomic E-state index is 0.308. The van der Waals surface area contributed by atoms with Crippen LogP contribution >= 0.6 is 0 Å². The van der Waals surface area contributed by atoms with Crippen molar-refractivity contribution in [2.45, 2.75) is 129 Å². The molecule has 0 aliphatic carbocycles. The summed E-state index contributed by atoms with van der Waals surface area (Å²) in [4.78, 5) is 5.03. The van der Waals surface area contributed by atoms with E-state index >= 15 is 0 Å². The minimum atomic E-state index is 0.308. The van der Waals surface area contributed by atoms with Crippen LogP contribution in [0.15, 0.2) is 73.1 Å². The molecule has 1 aliphatic heterocycles. The zero-order valence-electron chi connectivity index (χ0n) is 23.8. The number of unbranched alkanes of at least 4 members (excludes halogenated alkanes) is 16. The molecule has 2 aromatic carbocycles. The fourth-order valence-electron chi connectivity index (χ4n) is 5.68.